The highest BCUT2D eigenvalue weighted by atomic mass is 16.5. The molecule has 1 unspecified atom stereocenters. The molecule has 152 valence electrons. The number of hydrogen-bond donors (Lipinski definition) is 3. The van der Waals surface area contributed by atoms with Crippen molar-refractivity contribution in [1.82, 2.24) is 10.6 Å². The lowest BCUT2D eigenvalue weighted by Crippen LogP contribution is -2.16. The summed E-state index contributed by atoms with van der Waals surface area (Å²) in [6.07, 6.45) is 1.32. The van der Waals surface area contributed by atoms with Crippen LogP contribution in [0.3, 0.4) is 0 Å². The van der Waals surface area contributed by atoms with E-state index >= 15 is 0 Å². The summed E-state index contributed by atoms with van der Waals surface area (Å²) in [6.45, 7) is 9.41. The first kappa shape index (κ1) is 20.6. The topological polar surface area (TPSA) is 62.8 Å². The van der Waals surface area contributed by atoms with Crippen molar-refractivity contribution < 1.29 is 14.6 Å². The van der Waals surface area contributed by atoms with Gasteiger partial charge in [-0.15, -0.1) is 0 Å². The maximum Gasteiger partial charge on any atom is 0.119 e. The number of nitrogens with one attached hydrogen (secondary N) is 2. The van der Waals surface area contributed by atoms with Crippen LogP contribution in [-0.4, -0.2) is 44.5 Å². The molecule has 0 amide bonds. The number of aliphatic hydroxyl groups is 1. The Kier molecular flexibility index (Phi) is 7.71. The standard InChI is InChI=1S/C23H32N2O3/c1-3-24-11-5-13-27-17-8-10-20-21(15-17)19-9-7-18(16-22(19)23(20)26)28-14-6-12-25-4-2/h7-10,15-16,23-26H,3-6,11-14H2,1-2H3. The summed E-state index contributed by atoms with van der Waals surface area (Å²) in [7, 11) is 0. The van der Waals surface area contributed by atoms with Gasteiger partial charge in [-0.1, -0.05) is 26.0 Å². The van der Waals surface area contributed by atoms with Gasteiger partial charge in [0.2, 0.25) is 0 Å². The summed E-state index contributed by atoms with van der Waals surface area (Å²) in [5.41, 5.74) is 3.94. The third-order valence-electron chi connectivity index (χ3n) is 4.96. The highest BCUT2D eigenvalue weighted by Crippen LogP contribution is 2.45. The molecule has 5 heteroatoms. The van der Waals surface area contributed by atoms with Gasteiger partial charge in [-0.05, 0) is 85.5 Å². The van der Waals surface area contributed by atoms with Crippen molar-refractivity contribution in [3.8, 4) is 22.6 Å². The molecule has 1 aliphatic rings. The lowest BCUT2D eigenvalue weighted by molar-refractivity contribution is 0.224. The van der Waals surface area contributed by atoms with Crippen molar-refractivity contribution >= 4 is 0 Å². The van der Waals surface area contributed by atoms with Crippen molar-refractivity contribution in [2.45, 2.75) is 32.8 Å². The maximum absolute atomic E-state index is 10.7. The average Bonchev–Trinajstić information content (AvgIpc) is 2.99. The molecule has 28 heavy (non-hydrogen) atoms. The molecular formula is C23H32N2O3. The van der Waals surface area contributed by atoms with E-state index in [9.17, 15) is 5.11 Å². The van der Waals surface area contributed by atoms with E-state index in [1.54, 1.807) is 0 Å². The van der Waals surface area contributed by atoms with Crippen LogP contribution in [0.25, 0.3) is 11.1 Å². The van der Waals surface area contributed by atoms with Crippen LogP contribution < -0.4 is 20.1 Å². The van der Waals surface area contributed by atoms with Crippen LogP contribution in [-0.2, 0) is 0 Å². The monoisotopic (exact) mass is 384 g/mol. The summed E-state index contributed by atoms with van der Waals surface area (Å²) in [5.74, 6) is 1.65. The van der Waals surface area contributed by atoms with Gasteiger partial charge in [0, 0.05) is 0 Å². The van der Waals surface area contributed by atoms with Crippen LogP contribution in [0.15, 0.2) is 36.4 Å². The first-order valence-electron chi connectivity index (χ1n) is 10.4. The Morgan fingerprint density at radius 3 is 2.04 bits per heavy atom. The van der Waals surface area contributed by atoms with Gasteiger partial charge < -0.3 is 25.2 Å². The zero-order valence-corrected chi connectivity index (χ0v) is 17.0. The van der Waals surface area contributed by atoms with Gasteiger partial charge in [0.25, 0.3) is 0 Å². The van der Waals surface area contributed by atoms with E-state index in [-0.39, 0.29) is 0 Å². The Hall–Kier alpha value is -2.08. The van der Waals surface area contributed by atoms with Gasteiger partial charge in [-0.2, -0.15) is 0 Å². The average molecular weight is 385 g/mol. The van der Waals surface area contributed by atoms with E-state index < -0.39 is 6.10 Å². The van der Waals surface area contributed by atoms with Crippen molar-refractivity contribution in [3.05, 3.63) is 47.5 Å². The first-order valence-corrected chi connectivity index (χ1v) is 10.4. The number of aliphatic hydroxyl groups excluding tert-OH is 1. The highest BCUT2D eigenvalue weighted by molar-refractivity contribution is 5.79. The van der Waals surface area contributed by atoms with Gasteiger partial charge in [-0.25, -0.2) is 0 Å². The van der Waals surface area contributed by atoms with Crippen LogP contribution in [0.5, 0.6) is 11.5 Å². The normalized spacial score (nSPS) is 14.6. The zero-order valence-electron chi connectivity index (χ0n) is 17.0. The Morgan fingerprint density at radius 2 is 1.39 bits per heavy atom. The highest BCUT2D eigenvalue weighted by Gasteiger charge is 2.27. The molecule has 1 aliphatic carbocycles. The second kappa shape index (κ2) is 10.5. The second-order valence-corrected chi connectivity index (χ2v) is 7.01. The van der Waals surface area contributed by atoms with Gasteiger partial charge >= 0.3 is 0 Å². The molecule has 0 aromatic heterocycles. The SMILES string of the molecule is CCNCCCOc1ccc2c(c1)-c1ccc(OCCCNCC)cc1C2O. The lowest BCUT2D eigenvalue weighted by atomic mass is 10.1. The summed E-state index contributed by atoms with van der Waals surface area (Å²) in [5, 5.41) is 17.3. The maximum atomic E-state index is 10.7. The smallest absolute Gasteiger partial charge is 0.119 e. The molecular weight excluding hydrogens is 352 g/mol. The summed E-state index contributed by atoms with van der Waals surface area (Å²) in [4.78, 5) is 0. The molecule has 5 nitrogen and oxygen atoms in total. The largest absolute Gasteiger partial charge is 0.494 e. The third-order valence-corrected chi connectivity index (χ3v) is 4.96. The lowest BCUT2D eigenvalue weighted by Gasteiger charge is -2.10. The molecule has 2 aromatic rings. The van der Waals surface area contributed by atoms with E-state index in [2.05, 4.69) is 24.5 Å². The fourth-order valence-corrected chi connectivity index (χ4v) is 3.49. The molecule has 0 saturated carbocycles. The van der Waals surface area contributed by atoms with E-state index in [4.69, 9.17) is 9.47 Å². The fourth-order valence-electron chi connectivity index (χ4n) is 3.49. The molecule has 2 aromatic carbocycles. The van der Waals surface area contributed by atoms with Crippen LogP contribution >= 0.6 is 0 Å². The van der Waals surface area contributed by atoms with Gasteiger partial charge in [0.1, 0.15) is 17.6 Å². The minimum absolute atomic E-state index is 0.613. The molecule has 0 spiro atoms. The molecule has 0 bridgehead atoms. The van der Waals surface area contributed by atoms with Gasteiger partial charge in [0.15, 0.2) is 0 Å². The molecule has 0 radical (unpaired) electrons. The van der Waals surface area contributed by atoms with E-state index in [1.165, 1.54) is 0 Å². The van der Waals surface area contributed by atoms with Crippen LogP contribution in [0.2, 0.25) is 0 Å². The van der Waals surface area contributed by atoms with Crippen molar-refractivity contribution in [3.63, 3.8) is 0 Å². The van der Waals surface area contributed by atoms with Crippen LogP contribution in [0.1, 0.15) is 43.9 Å². The Bertz CT molecular complexity index is 764. The number of hydrogen-bond acceptors (Lipinski definition) is 5. The summed E-state index contributed by atoms with van der Waals surface area (Å²) in [6, 6.07) is 11.9. The van der Waals surface area contributed by atoms with Crippen molar-refractivity contribution in [2.75, 3.05) is 39.4 Å². The summed E-state index contributed by atoms with van der Waals surface area (Å²) < 4.78 is 11.7. The molecule has 3 rings (SSSR count). The van der Waals surface area contributed by atoms with Gasteiger partial charge in [0.05, 0.1) is 13.2 Å². The minimum Gasteiger partial charge on any atom is -0.494 e. The number of fused-ring (bicyclic) bond motifs is 3. The van der Waals surface area contributed by atoms with Gasteiger partial charge in [-0.3, -0.25) is 0 Å². The van der Waals surface area contributed by atoms with Crippen LogP contribution in [0.4, 0.5) is 0 Å². The zero-order chi connectivity index (χ0) is 19.8. The van der Waals surface area contributed by atoms with Crippen LogP contribution in [0, 0.1) is 0 Å². The van der Waals surface area contributed by atoms with E-state index in [1.807, 2.05) is 36.4 Å². The predicted octanol–water partition coefficient (Wildman–Crippen LogP) is 3.51. The molecule has 3 N–H and O–H groups in total. The molecule has 1 atom stereocenters. The second-order valence-electron chi connectivity index (χ2n) is 7.01. The first-order chi connectivity index (χ1) is 13.7. The molecule has 0 aliphatic heterocycles. The van der Waals surface area contributed by atoms with E-state index in [0.717, 1.165) is 72.8 Å². The van der Waals surface area contributed by atoms with Crippen molar-refractivity contribution in [1.29, 1.82) is 0 Å². The minimum atomic E-state index is -0.613. The Labute approximate surface area is 168 Å². The molecule has 0 fully saturated rings. The number of benzene rings is 2. The quantitative estimate of drug-likeness (QED) is 0.489. The Morgan fingerprint density at radius 1 is 0.786 bits per heavy atom. The third kappa shape index (κ3) is 5.04. The van der Waals surface area contributed by atoms with E-state index in [0.29, 0.717) is 13.2 Å². The summed E-state index contributed by atoms with van der Waals surface area (Å²) >= 11 is 0. The number of rotatable bonds is 12. The molecule has 0 heterocycles. The molecule has 0 saturated heterocycles. The fraction of sp³-hybridized carbons (Fsp3) is 0.478. The Balaban J connectivity index is 1.64. The predicted molar refractivity (Wildman–Crippen MR) is 113 cm³/mol. The number of ether oxygens (including phenoxy) is 2. The van der Waals surface area contributed by atoms with Crippen molar-refractivity contribution in [2.24, 2.45) is 0 Å².